The van der Waals surface area contributed by atoms with E-state index in [0.717, 1.165) is 19.3 Å². The van der Waals surface area contributed by atoms with Crippen LogP contribution in [-0.2, 0) is 9.47 Å². The van der Waals surface area contributed by atoms with Crippen LogP contribution >= 0.6 is 0 Å². The molecule has 1 aliphatic heterocycles. The van der Waals surface area contributed by atoms with Crippen molar-refractivity contribution in [2.75, 3.05) is 6.54 Å². The van der Waals surface area contributed by atoms with Gasteiger partial charge in [-0.05, 0) is 20.3 Å². The summed E-state index contributed by atoms with van der Waals surface area (Å²) in [6.45, 7) is 5.06. The number of aliphatic hydroxyl groups excluding tert-OH is 1. The highest BCUT2D eigenvalue weighted by Gasteiger charge is 2.45. The van der Waals surface area contributed by atoms with Crippen molar-refractivity contribution in [3.05, 3.63) is 10.1 Å². The van der Waals surface area contributed by atoms with Crippen LogP contribution < -0.4 is 0 Å². The van der Waals surface area contributed by atoms with Crippen LogP contribution in [0.1, 0.15) is 40.0 Å². The third-order valence-corrected chi connectivity index (χ3v) is 2.78. The van der Waals surface area contributed by atoms with Crippen molar-refractivity contribution in [2.45, 2.75) is 64.1 Å². The van der Waals surface area contributed by atoms with Gasteiger partial charge in [-0.25, -0.2) is 0 Å². The van der Waals surface area contributed by atoms with Gasteiger partial charge in [-0.3, -0.25) is 10.1 Å². The molecule has 3 atom stereocenters. The summed E-state index contributed by atoms with van der Waals surface area (Å²) in [5, 5.41) is 20.2. The number of unbranched alkanes of at least 4 members (excludes halogenated alkanes) is 1. The standard InChI is InChI=1S/C11H21NO5/c1-4-5-6-9-10(8(13)7-12(14)15)17-11(2,3)16-9/h8-10,13H,4-7H2,1-3H3/t8-,9+,10+/m1/s1. The molecule has 6 heteroatoms. The molecule has 1 saturated heterocycles. The maximum atomic E-state index is 10.4. The van der Waals surface area contributed by atoms with Crippen LogP contribution in [0.2, 0.25) is 0 Å². The van der Waals surface area contributed by atoms with Gasteiger partial charge in [0, 0.05) is 4.92 Å². The SMILES string of the molecule is CCCC[C@@H]1OC(C)(C)O[C@H]1[C@H](O)C[N+](=O)[O-]. The lowest BCUT2D eigenvalue weighted by molar-refractivity contribution is -0.493. The number of nitro groups is 1. The molecule has 0 aromatic rings. The molecule has 1 fully saturated rings. The number of hydrogen-bond donors (Lipinski definition) is 1. The minimum absolute atomic E-state index is 0.264. The minimum Gasteiger partial charge on any atom is -0.383 e. The molecule has 0 amide bonds. The first-order valence-electron chi connectivity index (χ1n) is 6.01. The van der Waals surface area contributed by atoms with Crippen LogP contribution in [0.25, 0.3) is 0 Å². The Balaban J connectivity index is 2.62. The van der Waals surface area contributed by atoms with Gasteiger partial charge in [-0.1, -0.05) is 19.8 Å². The predicted molar refractivity (Wildman–Crippen MR) is 61.2 cm³/mol. The molecule has 1 heterocycles. The normalized spacial score (nSPS) is 29.2. The molecule has 6 nitrogen and oxygen atoms in total. The Morgan fingerprint density at radius 1 is 1.47 bits per heavy atom. The highest BCUT2D eigenvalue weighted by atomic mass is 16.8. The summed E-state index contributed by atoms with van der Waals surface area (Å²) < 4.78 is 11.2. The Morgan fingerprint density at radius 3 is 2.65 bits per heavy atom. The molecule has 100 valence electrons. The van der Waals surface area contributed by atoms with E-state index in [0.29, 0.717) is 0 Å². The van der Waals surface area contributed by atoms with Gasteiger partial charge >= 0.3 is 0 Å². The topological polar surface area (TPSA) is 81.8 Å². The molecule has 17 heavy (non-hydrogen) atoms. The van der Waals surface area contributed by atoms with E-state index in [1.54, 1.807) is 13.8 Å². The summed E-state index contributed by atoms with van der Waals surface area (Å²) in [5.41, 5.74) is 0. The molecule has 0 bridgehead atoms. The average molecular weight is 247 g/mol. The molecule has 1 aliphatic rings. The molecular formula is C11H21NO5. The van der Waals surface area contributed by atoms with Crippen molar-refractivity contribution < 1.29 is 19.5 Å². The van der Waals surface area contributed by atoms with Gasteiger partial charge in [0.2, 0.25) is 6.54 Å². The summed E-state index contributed by atoms with van der Waals surface area (Å²) in [6, 6.07) is 0. The summed E-state index contributed by atoms with van der Waals surface area (Å²) in [6.07, 6.45) is 0.722. The smallest absolute Gasteiger partial charge is 0.232 e. The van der Waals surface area contributed by atoms with E-state index in [-0.39, 0.29) is 6.10 Å². The van der Waals surface area contributed by atoms with E-state index in [1.807, 2.05) is 0 Å². The van der Waals surface area contributed by atoms with Gasteiger partial charge in [0.25, 0.3) is 0 Å². The Labute approximate surface area is 101 Å². The number of hydrogen-bond acceptors (Lipinski definition) is 5. The highest BCUT2D eigenvalue weighted by Crippen LogP contribution is 2.32. The van der Waals surface area contributed by atoms with Gasteiger partial charge in [0.1, 0.15) is 12.2 Å². The first-order valence-corrected chi connectivity index (χ1v) is 6.01. The molecule has 1 N–H and O–H groups in total. The number of ether oxygens (including phenoxy) is 2. The first kappa shape index (κ1) is 14.3. The number of nitrogens with zero attached hydrogens (tertiary/aromatic N) is 1. The molecule has 0 aromatic heterocycles. The summed E-state index contributed by atoms with van der Waals surface area (Å²) >= 11 is 0. The van der Waals surface area contributed by atoms with E-state index in [9.17, 15) is 15.2 Å². The Morgan fingerprint density at radius 2 is 2.12 bits per heavy atom. The maximum Gasteiger partial charge on any atom is 0.232 e. The molecule has 0 radical (unpaired) electrons. The van der Waals surface area contributed by atoms with Crippen molar-refractivity contribution in [1.82, 2.24) is 0 Å². The van der Waals surface area contributed by atoms with Gasteiger partial charge in [-0.15, -0.1) is 0 Å². The lowest BCUT2D eigenvalue weighted by atomic mass is 10.0. The van der Waals surface area contributed by atoms with Gasteiger partial charge < -0.3 is 14.6 Å². The zero-order valence-corrected chi connectivity index (χ0v) is 10.6. The zero-order valence-electron chi connectivity index (χ0n) is 10.6. The maximum absolute atomic E-state index is 10.4. The first-order chi connectivity index (χ1) is 7.85. The van der Waals surface area contributed by atoms with E-state index < -0.39 is 29.5 Å². The Hall–Kier alpha value is -0.720. The molecular weight excluding hydrogens is 226 g/mol. The van der Waals surface area contributed by atoms with Gasteiger partial charge in [-0.2, -0.15) is 0 Å². The molecule has 1 rings (SSSR count). The van der Waals surface area contributed by atoms with E-state index in [2.05, 4.69) is 6.92 Å². The Kier molecular flexibility index (Phi) is 4.85. The van der Waals surface area contributed by atoms with E-state index >= 15 is 0 Å². The van der Waals surface area contributed by atoms with Crippen LogP contribution in [0.4, 0.5) is 0 Å². The van der Waals surface area contributed by atoms with Gasteiger partial charge in [0.15, 0.2) is 5.79 Å². The monoisotopic (exact) mass is 247 g/mol. The third kappa shape index (κ3) is 4.22. The quantitative estimate of drug-likeness (QED) is 0.565. The second-order valence-corrected chi connectivity index (χ2v) is 4.86. The Bertz CT molecular complexity index is 269. The van der Waals surface area contributed by atoms with Gasteiger partial charge in [0.05, 0.1) is 6.10 Å². The fourth-order valence-corrected chi connectivity index (χ4v) is 2.07. The average Bonchev–Trinajstić information content (AvgIpc) is 2.50. The second-order valence-electron chi connectivity index (χ2n) is 4.86. The molecule has 0 spiro atoms. The largest absolute Gasteiger partial charge is 0.383 e. The van der Waals surface area contributed by atoms with Crippen LogP contribution in [0.15, 0.2) is 0 Å². The number of rotatable bonds is 6. The lowest BCUT2D eigenvalue weighted by Crippen LogP contribution is -2.39. The van der Waals surface area contributed by atoms with E-state index in [1.165, 1.54) is 0 Å². The van der Waals surface area contributed by atoms with Crippen LogP contribution in [0.3, 0.4) is 0 Å². The summed E-state index contributed by atoms with van der Waals surface area (Å²) in [5.74, 6) is -0.777. The predicted octanol–water partition coefficient (Wildman–Crippen LogP) is 1.33. The van der Waals surface area contributed by atoms with Crippen LogP contribution in [-0.4, -0.2) is 40.7 Å². The lowest BCUT2D eigenvalue weighted by Gasteiger charge is -2.19. The fraction of sp³-hybridized carbons (Fsp3) is 1.00. The summed E-state index contributed by atoms with van der Waals surface area (Å²) in [7, 11) is 0. The minimum atomic E-state index is -1.12. The summed E-state index contributed by atoms with van der Waals surface area (Å²) in [4.78, 5) is 9.87. The second kappa shape index (κ2) is 5.75. The van der Waals surface area contributed by atoms with E-state index in [4.69, 9.17) is 9.47 Å². The number of aliphatic hydroxyl groups is 1. The highest BCUT2D eigenvalue weighted by molar-refractivity contribution is 4.86. The van der Waals surface area contributed by atoms with Crippen molar-refractivity contribution in [1.29, 1.82) is 0 Å². The molecule has 0 unspecified atom stereocenters. The fourth-order valence-electron chi connectivity index (χ4n) is 2.07. The zero-order chi connectivity index (χ0) is 13.1. The van der Waals surface area contributed by atoms with Crippen molar-refractivity contribution >= 4 is 0 Å². The van der Waals surface area contributed by atoms with Crippen molar-refractivity contribution in [2.24, 2.45) is 0 Å². The van der Waals surface area contributed by atoms with Crippen molar-refractivity contribution in [3.8, 4) is 0 Å². The van der Waals surface area contributed by atoms with Crippen molar-refractivity contribution in [3.63, 3.8) is 0 Å². The molecule has 0 aromatic carbocycles. The molecule has 0 saturated carbocycles. The van der Waals surface area contributed by atoms with Crippen LogP contribution in [0, 0.1) is 10.1 Å². The molecule has 0 aliphatic carbocycles. The van der Waals surface area contributed by atoms with Crippen LogP contribution in [0.5, 0.6) is 0 Å². The third-order valence-electron chi connectivity index (χ3n) is 2.78.